The van der Waals surface area contributed by atoms with E-state index in [0.29, 0.717) is 5.56 Å². The highest BCUT2D eigenvalue weighted by molar-refractivity contribution is 5.80. The number of carbonyl (C=O) groups excluding carboxylic acids is 1. The number of aryl methyl sites for hydroxylation is 2. The van der Waals surface area contributed by atoms with E-state index in [9.17, 15) is 15.0 Å². The quantitative estimate of drug-likeness (QED) is 0.582. The zero-order valence-electron chi connectivity index (χ0n) is 18.6. The molecule has 1 fully saturated rings. The maximum atomic E-state index is 12.8. The molecule has 1 aliphatic rings. The molecule has 2 N–H and O–H groups in total. The van der Waals surface area contributed by atoms with Crippen molar-refractivity contribution in [3.63, 3.8) is 0 Å². The van der Waals surface area contributed by atoms with Gasteiger partial charge in [-0.3, -0.25) is 0 Å². The fourth-order valence-corrected chi connectivity index (χ4v) is 4.14. The summed E-state index contributed by atoms with van der Waals surface area (Å²) in [7, 11) is 1.79. The SMILES string of the molecule is CCCCCc1cc(O)c(-c2cccc(C)c2)c(O)c1C(C)N(C)C(=O)N1CCC1. The first-order chi connectivity index (χ1) is 14.3. The Kier molecular flexibility index (Phi) is 6.91. The van der Waals surface area contributed by atoms with Gasteiger partial charge in [0.1, 0.15) is 11.5 Å². The van der Waals surface area contributed by atoms with Gasteiger partial charge in [-0.2, -0.15) is 0 Å². The van der Waals surface area contributed by atoms with Crippen molar-refractivity contribution in [1.29, 1.82) is 0 Å². The lowest BCUT2D eigenvalue weighted by Gasteiger charge is -2.37. The number of amides is 2. The fourth-order valence-electron chi connectivity index (χ4n) is 4.14. The fraction of sp³-hybridized carbons (Fsp3) is 0.480. The van der Waals surface area contributed by atoms with Crippen LogP contribution in [0.2, 0.25) is 0 Å². The Hall–Kier alpha value is -2.69. The summed E-state index contributed by atoms with van der Waals surface area (Å²) in [5, 5.41) is 22.2. The van der Waals surface area contributed by atoms with Crippen molar-refractivity contribution in [3.8, 4) is 22.6 Å². The second kappa shape index (κ2) is 9.41. The van der Waals surface area contributed by atoms with Crippen LogP contribution in [0.5, 0.6) is 11.5 Å². The molecule has 5 heteroatoms. The lowest BCUT2D eigenvalue weighted by molar-refractivity contribution is 0.123. The van der Waals surface area contributed by atoms with Gasteiger partial charge in [0.05, 0.1) is 11.6 Å². The minimum absolute atomic E-state index is 0.0159. The molecule has 2 aromatic rings. The number of rotatable bonds is 7. The van der Waals surface area contributed by atoms with Crippen LogP contribution < -0.4 is 0 Å². The summed E-state index contributed by atoms with van der Waals surface area (Å²) in [5.74, 6) is 0.153. The largest absolute Gasteiger partial charge is 0.507 e. The maximum absolute atomic E-state index is 12.8. The molecule has 0 spiro atoms. The number of phenols is 2. The topological polar surface area (TPSA) is 64.0 Å². The highest BCUT2D eigenvalue weighted by Crippen LogP contribution is 2.45. The van der Waals surface area contributed by atoms with Crippen LogP contribution >= 0.6 is 0 Å². The molecule has 1 heterocycles. The number of benzene rings is 2. The van der Waals surface area contributed by atoms with Crippen LogP contribution in [0, 0.1) is 6.92 Å². The lowest BCUT2D eigenvalue weighted by atomic mass is 9.89. The Bertz CT molecular complexity index is 906. The minimum atomic E-state index is -0.307. The second-order valence-electron chi connectivity index (χ2n) is 8.43. The molecule has 0 bridgehead atoms. The highest BCUT2D eigenvalue weighted by Gasteiger charge is 2.30. The van der Waals surface area contributed by atoms with Crippen molar-refractivity contribution in [2.45, 2.75) is 58.9 Å². The molecular formula is C25H34N2O3. The molecule has 1 saturated heterocycles. The third-order valence-electron chi connectivity index (χ3n) is 6.19. The molecule has 30 heavy (non-hydrogen) atoms. The molecule has 0 aromatic heterocycles. The molecule has 1 aliphatic heterocycles. The zero-order chi connectivity index (χ0) is 21.8. The van der Waals surface area contributed by atoms with E-state index in [-0.39, 0.29) is 23.6 Å². The molecule has 3 rings (SSSR count). The van der Waals surface area contributed by atoms with E-state index in [1.165, 1.54) is 0 Å². The van der Waals surface area contributed by atoms with Crippen LogP contribution in [0.25, 0.3) is 11.1 Å². The first-order valence-corrected chi connectivity index (χ1v) is 11.0. The summed E-state index contributed by atoms with van der Waals surface area (Å²) < 4.78 is 0. The first-order valence-electron chi connectivity index (χ1n) is 11.0. The van der Waals surface area contributed by atoms with Gasteiger partial charge in [0, 0.05) is 25.7 Å². The summed E-state index contributed by atoms with van der Waals surface area (Å²) in [6, 6.07) is 9.20. The Morgan fingerprint density at radius 3 is 2.53 bits per heavy atom. The van der Waals surface area contributed by atoms with Crippen molar-refractivity contribution < 1.29 is 15.0 Å². The van der Waals surface area contributed by atoms with E-state index in [0.717, 1.165) is 67.4 Å². The minimum Gasteiger partial charge on any atom is -0.507 e. The molecule has 2 aromatic carbocycles. The average molecular weight is 411 g/mol. The van der Waals surface area contributed by atoms with Crippen LogP contribution in [-0.4, -0.2) is 46.2 Å². The van der Waals surface area contributed by atoms with E-state index in [1.54, 1.807) is 18.0 Å². The van der Waals surface area contributed by atoms with Gasteiger partial charge in [-0.25, -0.2) is 4.79 Å². The molecule has 1 unspecified atom stereocenters. The number of hydrogen-bond donors (Lipinski definition) is 2. The van der Waals surface area contributed by atoms with Gasteiger partial charge in [0.25, 0.3) is 0 Å². The molecule has 1 atom stereocenters. The van der Waals surface area contributed by atoms with Crippen LogP contribution in [0.4, 0.5) is 4.79 Å². The highest BCUT2D eigenvalue weighted by atomic mass is 16.3. The number of unbranched alkanes of at least 4 members (excludes halogenated alkanes) is 2. The molecule has 162 valence electrons. The summed E-state index contributed by atoms with van der Waals surface area (Å²) in [6.45, 7) is 7.66. The molecule has 5 nitrogen and oxygen atoms in total. The van der Waals surface area contributed by atoms with Crippen molar-refractivity contribution >= 4 is 6.03 Å². The Morgan fingerprint density at radius 2 is 1.93 bits per heavy atom. The van der Waals surface area contributed by atoms with E-state index < -0.39 is 0 Å². The summed E-state index contributed by atoms with van der Waals surface area (Å²) in [4.78, 5) is 16.3. The summed E-state index contributed by atoms with van der Waals surface area (Å²) >= 11 is 0. The second-order valence-corrected chi connectivity index (χ2v) is 8.43. The number of carbonyl (C=O) groups is 1. The van der Waals surface area contributed by atoms with Gasteiger partial charge in [0.15, 0.2) is 0 Å². The van der Waals surface area contributed by atoms with Crippen LogP contribution in [0.15, 0.2) is 30.3 Å². The molecule has 0 saturated carbocycles. The van der Waals surface area contributed by atoms with Gasteiger partial charge < -0.3 is 20.0 Å². The van der Waals surface area contributed by atoms with Crippen LogP contribution in [0.1, 0.15) is 62.3 Å². The van der Waals surface area contributed by atoms with Gasteiger partial charge in [-0.1, -0.05) is 49.6 Å². The monoisotopic (exact) mass is 410 g/mol. The van der Waals surface area contributed by atoms with Gasteiger partial charge >= 0.3 is 6.03 Å². The molecular weight excluding hydrogens is 376 g/mol. The summed E-state index contributed by atoms with van der Waals surface area (Å²) in [6.07, 6.45) is 4.95. The van der Waals surface area contributed by atoms with Crippen LogP contribution in [-0.2, 0) is 6.42 Å². The number of urea groups is 1. The number of nitrogens with zero attached hydrogens (tertiary/aromatic N) is 2. The predicted octanol–water partition coefficient (Wildman–Crippen LogP) is 5.62. The Labute approximate surface area is 179 Å². The lowest BCUT2D eigenvalue weighted by Crippen LogP contribution is -2.49. The van der Waals surface area contributed by atoms with Gasteiger partial charge in [0.2, 0.25) is 0 Å². The third kappa shape index (κ3) is 4.40. The first kappa shape index (κ1) is 22.0. The van der Waals surface area contributed by atoms with Gasteiger partial charge in [-0.15, -0.1) is 0 Å². The molecule has 2 amide bonds. The van der Waals surface area contributed by atoms with Crippen molar-refractivity contribution in [2.75, 3.05) is 20.1 Å². The number of hydrogen-bond acceptors (Lipinski definition) is 3. The number of likely N-dealkylation sites (tertiary alicyclic amines) is 1. The summed E-state index contributed by atoms with van der Waals surface area (Å²) in [5.41, 5.74) is 3.90. The average Bonchev–Trinajstić information content (AvgIpc) is 2.65. The molecule has 0 radical (unpaired) electrons. The van der Waals surface area contributed by atoms with Gasteiger partial charge in [-0.05, 0) is 50.3 Å². The maximum Gasteiger partial charge on any atom is 0.320 e. The van der Waals surface area contributed by atoms with Crippen LogP contribution in [0.3, 0.4) is 0 Å². The molecule has 0 aliphatic carbocycles. The zero-order valence-corrected chi connectivity index (χ0v) is 18.6. The smallest absolute Gasteiger partial charge is 0.320 e. The van der Waals surface area contributed by atoms with E-state index >= 15 is 0 Å². The van der Waals surface area contributed by atoms with Crippen molar-refractivity contribution in [3.05, 3.63) is 47.0 Å². The number of aromatic hydroxyl groups is 2. The normalized spacial score (nSPS) is 14.3. The van der Waals surface area contributed by atoms with Crippen molar-refractivity contribution in [1.82, 2.24) is 9.80 Å². The van der Waals surface area contributed by atoms with Crippen molar-refractivity contribution in [2.24, 2.45) is 0 Å². The predicted molar refractivity (Wildman–Crippen MR) is 121 cm³/mol. The van der Waals surface area contributed by atoms with E-state index in [1.807, 2.05) is 43.0 Å². The number of phenolic OH excluding ortho intramolecular Hbond substituents is 2. The van der Waals surface area contributed by atoms with E-state index in [2.05, 4.69) is 6.92 Å². The Morgan fingerprint density at radius 1 is 1.20 bits per heavy atom. The standard InChI is InChI=1S/C25H34N2O3/c1-5-6-7-11-20-16-21(28)23(19-12-8-10-17(2)15-19)24(29)22(20)18(3)26(4)25(30)27-13-9-14-27/h8,10,12,15-16,18,28-29H,5-7,9,11,13-14H2,1-4H3. The Balaban J connectivity index is 2.06. The van der Waals surface area contributed by atoms with E-state index in [4.69, 9.17) is 0 Å². The third-order valence-corrected chi connectivity index (χ3v) is 6.19.